The van der Waals surface area contributed by atoms with Crippen LogP contribution in [0.4, 0.5) is 5.69 Å². The Morgan fingerprint density at radius 2 is 1.67 bits per heavy atom. The molecule has 19 heteroatoms. The number of hydrogen-bond acceptors (Lipinski definition) is 14. The van der Waals surface area contributed by atoms with Crippen LogP contribution in [0.5, 0.6) is 5.75 Å². The zero-order valence-electron chi connectivity index (χ0n) is 48.4. The van der Waals surface area contributed by atoms with Crippen LogP contribution in [0.3, 0.4) is 0 Å². The number of hydrazine groups is 1. The number of nitrogens with zero attached hydrogens (tertiary/aromatic N) is 5. The van der Waals surface area contributed by atoms with Gasteiger partial charge >= 0.3 is 5.97 Å². The lowest BCUT2D eigenvalue weighted by atomic mass is 9.67. The van der Waals surface area contributed by atoms with E-state index in [2.05, 4.69) is 83.4 Å². The van der Waals surface area contributed by atoms with Gasteiger partial charge in [-0.15, -0.1) is 0 Å². The van der Waals surface area contributed by atoms with E-state index in [1.165, 1.54) is 9.91 Å². The standard InChI is InChI=1S/C64H76N8O10S/c1-8-71-52-20-17-42-32-48(52)53-54(59(80-7)55-49(57(53)71)33-44(34-66-55)40-13-11-38(12-14-40)35-70-23-26-83(78,79)27-24-70)64(4,5)36-82-63(77)50-10-9-22-72(68-50)61(75)51(30-39-28-43(42)31-46(73)29-39)67-60(74)56(37(2)3)69(6)62(76)58-47(21-25-81-58)41-15-18-45(65)19-16-41/h11-20,28-29,31-34,37,47,50-51,54,56,58-59,68,73H,8-10,21-27,30,35-36,65H2,1-7H3,(H,67,74). The van der Waals surface area contributed by atoms with Gasteiger partial charge in [-0.2, -0.15) is 0 Å². The number of ether oxygens (including phenoxy) is 3. The van der Waals surface area contributed by atoms with E-state index in [0.717, 1.165) is 61.2 Å². The summed E-state index contributed by atoms with van der Waals surface area (Å²) in [6.07, 6.45) is 1.92. The van der Waals surface area contributed by atoms with Crippen LogP contribution >= 0.6 is 0 Å². The van der Waals surface area contributed by atoms with E-state index in [-0.39, 0.29) is 54.6 Å². The molecule has 5 aliphatic rings. The van der Waals surface area contributed by atoms with E-state index in [4.69, 9.17) is 24.9 Å². The van der Waals surface area contributed by atoms with Gasteiger partial charge in [-0.25, -0.2) is 13.8 Å². The van der Waals surface area contributed by atoms with Crippen molar-refractivity contribution in [2.45, 2.75) is 116 Å². The van der Waals surface area contributed by atoms with Gasteiger partial charge in [0.15, 0.2) is 9.84 Å². The number of esters is 1. The molecule has 1 aliphatic carbocycles. The van der Waals surface area contributed by atoms with Crippen LogP contribution in [0.2, 0.25) is 0 Å². The summed E-state index contributed by atoms with van der Waals surface area (Å²) >= 11 is 0. The average molecular weight is 1150 g/mol. The molecule has 11 rings (SSSR count). The molecule has 5 N–H and O–H groups in total. The highest BCUT2D eigenvalue weighted by Gasteiger charge is 2.48. The lowest BCUT2D eigenvalue weighted by Crippen LogP contribution is -2.62. The van der Waals surface area contributed by atoms with Crippen LogP contribution in [-0.4, -0.2) is 144 Å². The van der Waals surface area contributed by atoms with Gasteiger partial charge in [0, 0.05) is 111 Å². The third-order valence-electron chi connectivity index (χ3n) is 17.8. The fourth-order valence-electron chi connectivity index (χ4n) is 13.5. The van der Waals surface area contributed by atoms with Gasteiger partial charge in [0.05, 0.1) is 29.5 Å². The molecule has 3 saturated heterocycles. The molecule has 4 aromatic carbocycles. The second-order valence-corrected chi connectivity index (χ2v) is 26.5. The lowest BCUT2D eigenvalue weighted by molar-refractivity contribution is -0.156. The number of aryl methyl sites for hydroxylation is 1. The number of carbonyl (C=O) groups excluding carboxylic acids is 4. The normalized spacial score (nSPS) is 23.7. The molecule has 7 atom stereocenters. The van der Waals surface area contributed by atoms with Crippen molar-refractivity contribution in [3.63, 3.8) is 0 Å². The highest BCUT2D eigenvalue weighted by molar-refractivity contribution is 7.91. The van der Waals surface area contributed by atoms with Gasteiger partial charge in [-0.1, -0.05) is 76.2 Å². The van der Waals surface area contributed by atoms with Gasteiger partial charge in [-0.3, -0.25) is 34.1 Å². The van der Waals surface area contributed by atoms with Crippen molar-refractivity contribution in [2.75, 3.05) is 64.2 Å². The third-order valence-corrected chi connectivity index (χ3v) is 19.4. The van der Waals surface area contributed by atoms with E-state index in [1.807, 2.05) is 44.3 Å². The van der Waals surface area contributed by atoms with E-state index < -0.39 is 69.3 Å². The Kier molecular flexibility index (Phi) is 16.1. The maximum absolute atomic E-state index is 15.1. The Balaban J connectivity index is 0.966. The SMILES string of the molecule is CCn1c2c3c4cc(ccc41)-c1cc(O)cc(c1)CC(NC(=O)C(C(C)C)N(C)C(=O)C1OCCC1c1ccc(N)cc1)C(=O)N1CCCC(N1)C(=O)OCC(C)(C)C3C(OC)c1ncc(-c3ccc(CN4CCS(=O)(=O)CC4)cc3)cc1-2. The third kappa shape index (κ3) is 11.4. The van der Waals surface area contributed by atoms with Crippen molar-refractivity contribution in [1.29, 1.82) is 0 Å². The number of nitrogens with one attached hydrogen (secondary N) is 2. The number of phenolic OH excluding ortho intramolecular Hbond substituents is 1. The summed E-state index contributed by atoms with van der Waals surface area (Å²) in [6.45, 7) is 12.9. The quantitative estimate of drug-likeness (QED) is 0.0727. The molecule has 6 heterocycles. The molecule has 0 radical (unpaired) electrons. The molecule has 0 saturated carbocycles. The molecule has 0 spiro atoms. The Labute approximate surface area is 485 Å². The van der Waals surface area contributed by atoms with Crippen LogP contribution < -0.4 is 16.5 Å². The predicted octanol–water partition coefficient (Wildman–Crippen LogP) is 7.52. The number of hydrogen-bond donors (Lipinski definition) is 4. The summed E-state index contributed by atoms with van der Waals surface area (Å²) in [4.78, 5) is 67.6. The van der Waals surface area contributed by atoms with Crippen LogP contribution in [0.1, 0.15) is 99.8 Å². The largest absolute Gasteiger partial charge is 0.508 e. The fraction of sp³-hybridized carbons (Fsp3) is 0.453. The first-order chi connectivity index (χ1) is 39.7. The molecule has 2 aromatic heterocycles. The van der Waals surface area contributed by atoms with Crippen LogP contribution in [0.15, 0.2) is 97.2 Å². The maximum atomic E-state index is 15.1. The van der Waals surface area contributed by atoms with Crippen LogP contribution in [0, 0.1) is 11.3 Å². The van der Waals surface area contributed by atoms with Gasteiger partial charge < -0.3 is 39.8 Å². The van der Waals surface area contributed by atoms with Gasteiger partial charge in [-0.05, 0) is 114 Å². The summed E-state index contributed by atoms with van der Waals surface area (Å²) in [7, 11) is 0.296. The number of cyclic esters (lactones) is 1. The Hall–Kier alpha value is -7.16. The number of benzene rings is 4. The highest BCUT2D eigenvalue weighted by atomic mass is 32.2. The zero-order valence-corrected chi connectivity index (χ0v) is 49.2. The monoisotopic (exact) mass is 1150 g/mol. The maximum Gasteiger partial charge on any atom is 0.324 e. The van der Waals surface area contributed by atoms with Gasteiger partial charge in [0.1, 0.15) is 36.1 Å². The van der Waals surface area contributed by atoms with Crippen molar-refractivity contribution < 1.29 is 46.9 Å². The number of aromatic hydroxyl groups is 1. The predicted molar refractivity (Wildman–Crippen MR) is 317 cm³/mol. The number of nitrogens with two attached hydrogens (primary N) is 1. The van der Waals surface area contributed by atoms with Crippen molar-refractivity contribution >= 4 is 50.1 Å². The Morgan fingerprint density at radius 3 is 2.39 bits per heavy atom. The van der Waals surface area contributed by atoms with Gasteiger partial charge in [0.2, 0.25) is 5.91 Å². The van der Waals surface area contributed by atoms with Crippen molar-refractivity contribution in [1.82, 2.24) is 35.1 Å². The average Bonchev–Trinajstić information content (AvgIpc) is 1.87. The smallest absolute Gasteiger partial charge is 0.324 e. The first-order valence-corrected chi connectivity index (χ1v) is 30.9. The minimum Gasteiger partial charge on any atom is -0.508 e. The summed E-state index contributed by atoms with van der Waals surface area (Å²) < 4.78 is 45.5. The van der Waals surface area contributed by atoms with Crippen LogP contribution in [-0.2, 0) is 62.7 Å². The first kappa shape index (κ1) is 57.6. The number of nitrogen functional groups attached to an aromatic ring is 1. The van der Waals surface area contributed by atoms with Crippen molar-refractivity contribution in [3.05, 3.63) is 125 Å². The molecule has 438 valence electrons. The number of phenols is 1. The number of rotatable bonds is 11. The molecule has 3 amide bonds. The second kappa shape index (κ2) is 23.1. The highest BCUT2D eigenvalue weighted by Crippen LogP contribution is 2.57. The summed E-state index contributed by atoms with van der Waals surface area (Å²) in [6, 6.07) is 26.3. The lowest BCUT2D eigenvalue weighted by Gasteiger charge is -2.42. The van der Waals surface area contributed by atoms with E-state index in [9.17, 15) is 27.9 Å². The number of likely N-dealkylation sites (N-methyl/N-ethyl adjacent to an activating group) is 1. The van der Waals surface area contributed by atoms with Crippen molar-refractivity contribution in [3.8, 4) is 39.3 Å². The van der Waals surface area contributed by atoms with E-state index >= 15 is 4.79 Å². The number of carbonyl (C=O) groups is 4. The van der Waals surface area contributed by atoms with Crippen molar-refractivity contribution in [2.24, 2.45) is 11.3 Å². The number of amides is 3. The van der Waals surface area contributed by atoms with E-state index in [1.54, 1.807) is 38.4 Å². The topological polar surface area (TPSA) is 228 Å². The zero-order chi connectivity index (χ0) is 58.6. The number of pyridine rings is 1. The number of sulfone groups is 1. The second-order valence-electron chi connectivity index (χ2n) is 24.2. The van der Waals surface area contributed by atoms with Gasteiger partial charge in [0.25, 0.3) is 11.8 Å². The first-order valence-electron chi connectivity index (χ1n) is 29.0. The molecule has 6 aromatic rings. The molecule has 4 aliphatic heterocycles. The Morgan fingerprint density at radius 1 is 0.940 bits per heavy atom. The molecule has 7 unspecified atom stereocenters. The number of aromatic nitrogens is 2. The molecule has 6 bridgehead atoms. The molecular formula is C64H76N8O10S. The minimum absolute atomic E-state index is 0.00251. The fourth-order valence-corrected chi connectivity index (χ4v) is 14.7. The Bertz CT molecular complexity index is 3570. The summed E-state index contributed by atoms with van der Waals surface area (Å²) in [5.74, 6) is -2.62. The summed E-state index contributed by atoms with van der Waals surface area (Å²) in [5, 5.41) is 17.0. The molecule has 18 nitrogen and oxygen atoms in total. The van der Waals surface area contributed by atoms with E-state index in [0.29, 0.717) is 68.9 Å². The summed E-state index contributed by atoms with van der Waals surface area (Å²) in [5.41, 5.74) is 19.6. The van der Waals surface area contributed by atoms with Crippen LogP contribution in [0.25, 0.3) is 44.4 Å². The number of fused-ring (bicyclic) bond motifs is 8. The number of methoxy groups -OCH3 is 1. The molecular weight excluding hydrogens is 1070 g/mol. The number of anilines is 1. The molecule has 3 fully saturated rings. The molecule has 83 heavy (non-hydrogen) atoms. The minimum atomic E-state index is -2.99.